The SMILES string of the molecule is Cn1nccc1C(=O)NC(C(=O)Nc1ccc2c(c1)NC(=O)C21CCOCC1)=C1CC2CCC(C1)C2. The van der Waals surface area contributed by atoms with E-state index in [1.807, 2.05) is 18.2 Å². The maximum absolute atomic E-state index is 13.6. The summed E-state index contributed by atoms with van der Waals surface area (Å²) in [4.78, 5) is 39.5. The molecule has 3 amide bonds. The smallest absolute Gasteiger partial charge is 0.274 e. The molecule has 2 aliphatic carbocycles. The van der Waals surface area contributed by atoms with Crippen LogP contribution in [0.1, 0.15) is 61.0 Å². The second-order valence-corrected chi connectivity index (χ2v) is 10.6. The molecule has 1 aromatic carbocycles. The summed E-state index contributed by atoms with van der Waals surface area (Å²) in [5.41, 5.74) is 3.45. The Morgan fingerprint density at radius 3 is 2.58 bits per heavy atom. The summed E-state index contributed by atoms with van der Waals surface area (Å²) >= 11 is 0. The molecule has 1 saturated heterocycles. The molecule has 6 rings (SSSR count). The van der Waals surface area contributed by atoms with Crippen LogP contribution in [0, 0.1) is 11.8 Å². The summed E-state index contributed by atoms with van der Waals surface area (Å²) < 4.78 is 6.98. The zero-order valence-corrected chi connectivity index (χ0v) is 20.4. The van der Waals surface area contributed by atoms with Crippen molar-refractivity contribution >= 4 is 29.1 Å². The van der Waals surface area contributed by atoms with Gasteiger partial charge < -0.3 is 20.7 Å². The van der Waals surface area contributed by atoms with Crippen molar-refractivity contribution in [3.63, 3.8) is 0 Å². The zero-order chi connectivity index (χ0) is 24.9. The number of hydrogen-bond donors (Lipinski definition) is 3. The van der Waals surface area contributed by atoms with Gasteiger partial charge in [-0.15, -0.1) is 0 Å². The van der Waals surface area contributed by atoms with Crippen LogP contribution in [0.4, 0.5) is 11.4 Å². The maximum Gasteiger partial charge on any atom is 0.274 e. The third-order valence-electron chi connectivity index (χ3n) is 8.41. The molecule has 4 aliphatic rings. The average molecular weight is 490 g/mol. The van der Waals surface area contributed by atoms with E-state index in [-0.39, 0.29) is 17.7 Å². The third-order valence-corrected chi connectivity index (χ3v) is 8.41. The van der Waals surface area contributed by atoms with Gasteiger partial charge in [0.25, 0.3) is 11.8 Å². The van der Waals surface area contributed by atoms with Crippen LogP contribution in [0.15, 0.2) is 41.7 Å². The average Bonchev–Trinajstić information content (AvgIpc) is 3.53. The van der Waals surface area contributed by atoms with Gasteiger partial charge in [-0.1, -0.05) is 6.07 Å². The molecule has 9 nitrogen and oxygen atoms in total. The summed E-state index contributed by atoms with van der Waals surface area (Å²) in [5.74, 6) is 0.440. The van der Waals surface area contributed by atoms with Crippen molar-refractivity contribution in [1.29, 1.82) is 0 Å². The number of fused-ring (bicyclic) bond motifs is 4. The van der Waals surface area contributed by atoms with Crippen LogP contribution in [0.5, 0.6) is 0 Å². The minimum absolute atomic E-state index is 0.00629. The monoisotopic (exact) mass is 489 g/mol. The molecule has 3 fully saturated rings. The van der Waals surface area contributed by atoms with Gasteiger partial charge in [-0.3, -0.25) is 19.1 Å². The van der Waals surface area contributed by atoms with Gasteiger partial charge in [0.1, 0.15) is 11.4 Å². The Balaban J connectivity index is 1.27. The quantitative estimate of drug-likeness (QED) is 0.571. The van der Waals surface area contributed by atoms with Crippen LogP contribution in [0.25, 0.3) is 0 Å². The number of ether oxygens (including phenoxy) is 1. The van der Waals surface area contributed by atoms with Crippen LogP contribution in [-0.4, -0.2) is 40.7 Å². The first-order valence-electron chi connectivity index (χ1n) is 12.8. The van der Waals surface area contributed by atoms with Crippen molar-refractivity contribution in [3.8, 4) is 0 Å². The number of nitrogens with zero attached hydrogens (tertiary/aromatic N) is 2. The van der Waals surface area contributed by atoms with Gasteiger partial charge in [0.2, 0.25) is 5.91 Å². The highest BCUT2D eigenvalue weighted by molar-refractivity contribution is 6.10. The van der Waals surface area contributed by atoms with Gasteiger partial charge in [0, 0.05) is 37.8 Å². The number of allylic oxidation sites excluding steroid dienone is 1. The number of carbonyl (C=O) groups is 3. The number of hydrogen-bond acceptors (Lipinski definition) is 5. The van der Waals surface area contributed by atoms with E-state index < -0.39 is 5.41 Å². The van der Waals surface area contributed by atoms with E-state index in [0.717, 1.165) is 29.7 Å². The van der Waals surface area contributed by atoms with Gasteiger partial charge in [-0.05, 0) is 86.1 Å². The van der Waals surface area contributed by atoms with Crippen molar-refractivity contribution < 1.29 is 19.1 Å². The van der Waals surface area contributed by atoms with Crippen molar-refractivity contribution in [3.05, 3.63) is 53.0 Å². The van der Waals surface area contributed by atoms with Crippen LogP contribution < -0.4 is 16.0 Å². The lowest BCUT2D eigenvalue weighted by molar-refractivity contribution is -0.124. The van der Waals surface area contributed by atoms with Gasteiger partial charge >= 0.3 is 0 Å². The highest BCUT2D eigenvalue weighted by Crippen LogP contribution is 2.46. The Morgan fingerprint density at radius 1 is 1.14 bits per heavy atom. The molecule has 1 spiro atoms. The largest absolute Gasteiger partial charge is 0.381 e. The molecule has 1 aromatic heterocycles. The number of aromatic nitrogens is 2. The van der Waals surface area contributed by atoms with Crippen molar-refractivity contribution in [2.45, 2.75) is 50.4 Å². The van der Waals surface area contributed by atoms with Crippen molar-refractivity contribution in [1.82, 2.24) is 15.1 Å². The number of anilines is 2. The minimum atomic E-state index is -0.554. The van der Waals surface area contributed by atoms with E-state index in [4.69, 9.17) is 4.74 Å². The van der Waals surface area contributed by atoms with Crippen LogP contribution in [0.2, 0.25) is 0 Å². The second kappa shape index (κ2) is 8.89. The van der Waals surface area contributed by atoms with Crippen molar-refractivity contribution in [2.75, 3.05) is 23.8 Å². The minimum Gasteiger partial charge on any atom is -0.381 e. The third kappa shape index (κ3) is 3.91. The summed E-state index contributed by atoms with van der Waals surface area (Å²) in [6, 6.07) is 7.21. The maximum atomic E-state index is 13.6. The molecule has 2 aromatic rings. The van der Waals surface area contributed by atoms with E-state index >= 15 is 0 Å². The fourth-order valence-corrected chi connectivity index (χ4v) is 6.53. The molecule has 2 bridgehead atoms. The summed E-state index contributed by atoms with van der Waals surface area (Å²) in [7, 11) is 1.70. The van der Waals surface area contributed by atoms with Crippen LogP contribution >= 0.6 is 0 Å². The lowest BCUT2D eigenvalue weighted by atomic mass is 9.75. The molecule has 2 unspecified atom stereocenters. The highest BCUT2D eigenvalue weighted by Gasteiger charge is 2.47. The molecule has 36 heavy (non-hydrogen) atoms. The lowest BCUT2D eigenvalue weighted by Gasteiger charge is -2.31. The summed E-state index contributed by atoms with van der Waals surface area (Å²) in [6.07, 6.45) is 8.07. The van der Waals surface area contributed by atoms with E-state index in [1.165, 1.54) is 23.9 Å². The molecule has 3 heterocycles. The number of amides is 3. The fourth-order valence-electron chi connectivity index (χ4n) is 6.53. The highest BCUT2D eigenvalue weighted by atomic mass is 16.5. The van der Waals surface area contributed by atoms with Gasteiger partial charge in [0.05, 0.1) is 5.41 Å². The Morgan fingerprint density at radius 2 is 1.89 bits per heavy atom. The van der Waals surface area contributed by atoms with E-state index in [1.54, 1.807) is 19.3 Å². The van der Waals surface area contributed by atoms with Gasteiger partial charge in [-0.25, -0.2) is 0 Å². The molecule has 0 radical (unpaired) electrons. The van der Waals surface area contributed by atoms with E-state index in [2.05, 4.69) is 21.0 Å². The van der Waals surface area contributed by atoms with Crippen LogP contribution in [-0.2, 0) is 26.8 Å². The molecular formula is C27H31N5O4. The molecular weight excluding hydrogens is 458 g/mol. The Labute approximate surface area is 209 Å². The second-order valence-electron chi connectivity index (χ2n) is 10.6. The molecule has 9 heteroatoms. The Hall–Kier alpha value is -3.46. The number of rotatable bonds is 4. The molecule has 188 valence electrons. The number of nitrogens with one attached hydrogen (secondary N) is 3. The molecule has 2 saturated carbocycles. The number of aryl methyl sites for hydroxylation is 1. The molecule has 3 N–H and O–H groups in total. The predicted molar refractivity (Wildman–Crippen MR) is 133 cm³/mol. The summed E-state index contributed by atoms with van der Waals surface area (Å²) in [6.45, 7) is 1.11. The topological polar surface area (TPSA) is 114 Å². The predicted octanol–water partition coefficient (Wildman–Crippen LogP) is 3.25. The first kappa shape index (κ1) is 23.0. The fraction of sp³-hybridized carbons (Fsp3) is 0.481. The van der Waals surface area contributed by atoms with E-state index in [9.17, 15) is 14.4 Å². The van der Waals surface area contributed by atoms with Crippen LogP contribution in [0.3, 0.4) is 0 Å². The molecule has 2 aliphatic heterocycles. The number of benzene rings is 1. The first-order chi connectivity index (χ1) is 17.4. The molecule has 2 atom stereocenters. The number of carbonyl (C=O) groups excluding carboxylic acids is 3. The Bertz CT molecular complexity index is 1260. The van der Waals surface area contributed by atoms with Gasteiger partial charge in [-0.2, -0.15) is 5.10 Å². The standard InChI is InChI=1S/C27H31N5O4/c1-32-22(6-9-28-32)24(33)31-23(18-13-16-2-3-17(12-16)14-18)25(34)29-19-4-5-20-21(15-19)30-26(35)27(20)7-10-36-11-8-27/h4-6,9,15-17H,2-3,7-8,10-14H2,1H3,(H,29,34)(H,30,35)(H,31,33). The van der Waals surface area contributed by atoms with Gasteiger partial charge in [0.15, 0.2) is 0 Å². The zero-order valence-electron chi connectivity index (χ0n) is 20.4. The Kier molecular flexibility index (Phi) is 5.67. The van der Waals surface area contributed by atoms with Crippen molar-refractivity contribution in [2.24, 2.45) is 18.9 Å². The van der Waals surface area contributed by atoms with E-state index in [0.29, 0.717) is 55.0 Å². The summed E-state index contributed by atoms with van der Waals surface area (Å²) in [5, 5.41) is 13.0. The normalized spacial score (nSPS) is 23.8. The lowest BCUT2D eigenvalue weighted by Crippen LogP contribution is -2.39. The first-order valence-corrected chi connectivity index (χ1v) is 12.8.